The lowest BCUT2D eigenvalue weighted by Crippen LogP contribution is -1.92. The lowest BCUT2D eigenvalue weighted by molar-refractivity contribution is -0.134. The molecule has 0 N–H and O–H groups in total. The number of ether oxygens (including phenoxy) is 1. The summed E-state index contributed by atoms with van der Waals surface area (Å²) in [5, 5.41) is 0. The Bertz CT molecular complexity index is 338. The second kappa shape index (κ2) is 4.57. The Morgan fingerprint density at radius 3 is 2.69 bits per heavy atom. The van der Waals surface area contributed by atoms with Gasteiger partial charge in [-0.05, 0) is 18.2 Å². The van der Waals surface area contributed by atoms with Crippen molar-refractivity contribution in [3.05, 3.63) is 28.0 Å². The average molecular weight is 196 g/mol. The summed E-state index contributed by atoms with van der Waals surface area (Å²) in [5.74, 6) is -0.402. The fraction of sp³-hybridized carbons (Fsp3) is 0.111. The molecular formula is C9H8O3S. The van der Waals surface area contributed by atoms with E-state index in [0.29, 0.717) is 4.88 Å². The van der Waals surface area contributed by atoms with Crippen LogP contribution in [-0.2, 0) is 9.53 Å². The van der Waals surface area contributed by atoms with Gasteiger partial charge in [-0.15, -0.1) is 11.3 Å². The van der Waals surface area contributed by atoms with Crippen LogP contribution >= 0.6 is 11.3 Å². The van der Waals surface area contributed by atoms with Gasteiger partial charge in [0.1, 0.15) is 0 Å². The van der Waals surface area contributed by atoms with E-state index in [1.807, 2.05) is 0 Å². The van der Waals surface area contributed by atoms with Gasteiger partial charge in [-0.1, -0.05) is 0 Å². The van der Waals surface area contributed by atoms with Crippen LogP contribution in [0.2, 0.25) is 0 Å². The zero-order valence-corrected chi connectivity index (χ0v) is 7.84. The second-order valence-electron chi connectivity index (χ2n) is 2.21. The molecule has 1 aromatic rings. The molecule has 0 fully saturated rings. The maximum Gasteiger partial charge on any atom is 0.330 e. The van der Waals surface area contributed by atoms with Crippen molar-refractivity contribution >= 4 is 29.7 Å². The first-order valence-electron chi connectivity index (χ1n) is 3.57. The molecule has 0 radical (unpaired) electrons. The van der Waals surface area contributed by atoms with Crippen molar-refractivity contribution in [3.8, 4) is 0 Å². The van der Waals surface area contributed by atoms with E-state index >= 15 is 0 Å². The van der Waals surface area contributed by atoms with Gasteiger partial charge in [0.15, 0.2) is 6.29 Å². The largest absolute Gasteiger partial charge is 0.466 e. The van der Waals surface area contributed by atoms with Gasteiger partial charge in [-0.25, -0.2) is 4.79 Å². The van der Waals surface area contributed by atoms with Gasteiger partial charge in [0.2, 0.25) is 0 Å². The first kappa shape index (κ1) is 9.67. The maximum atomic E-state index is 10.7. The van der Waals surface area contributed by atoms with Crippen molar-refractivity contribution in [2.45, 2.75) is 0 Å². The highest BCUT2D eigenvalue weighted by atomic mass is 32.1. The third-order valence-corrected chi connectivity index (χ3v) is 2.32. The molecule has 0 bridgehead atoms. The summed E-state index contributed by atoms with van der Waals surface area (Å²) < 4.78 is 4.41. The van der Waals surface area contributed by atoms with Gasteiger partial charge in [0.05, 0.1) is 12.0 Å². The topological polar surface area (TPSA) is 43.4 Å². The van der Waals surface area contributed by atoms with Crippen molar-refractivity contribution in [3.63, 3.8) is 0 Å². The summed E-state index contributed by atoms with van der Waals surface area (Å²) in [6.07, 6.45) is 3.71. The van der Waals surface area contributed by atoms with Crippen LogP contribution in [0, 0.1) is 0 Å². The van der Waals surface area contributed by atoms with Gasteiger partial charge in [-0.2, -0.15) is 0 Å². The van der Waals surface area contributed by atoms with Crippen LogP contribution in [0.5, 0.6) is 0 Å². The minimum Gasteiger partial charge on any atom is -0.466 e. The SMILES string of the molecule is COC(=O)C=Cc1ccc(C=O)s1. The minimum absolute atomic E-state index is 0.402. The van der Waals surface area contributed by atoms with Crippen LogP contribution in [0.1, 0.15) is 14.5 Å². The molecular weight excluding hydrogens is 188 g/mol. The minimum atomic E-state index is -0.402. The van der Waals surface area contributed by atoms with Crippen LogP contribution < -0.4 is 0 Å². The summed E-state index contributed by atoms with van der Waals surface area (Å²) in [6.45, 7) is 0. The number of aldehydes is 1. The van der Waals surface area contributed by atoms with E-state index in [9.17, 15) is 9.59 Å². The number of thiophene rings is 1. The standard InChI is InChI=1S/C9H8O3S/c1-12-9(11)5-4-7-2-3-8(6-10)13-7/h2-6H,1H3. The van der Waals surface area contributed by atoms with E-state index in [0.717, 1.165) is 11.2 Å². The number of methoxy groups -OCH3 is 1. The predicted molar refractivity (Wildman–Crippen MR) is 50.8 cm³/mol. The summed E-state index contributed by atoms with van der Waals surface area (Å²) in [6, 6.07) is 3.47. The molecule has 0 atom stereocenters. The molecule has 4 heteroatoms. The lowest BCUT2D eigenvalue weighted by atomic mass is 10.4. The highest BCUT2D eigenvalue weighted by molar-refractivity contribution is 7.14. The van der Waals surface area contributed by atoms with Gasteiger partial charge in [-0.3, -0.25) is 4.79 Å². The number of carbonyl (C=O) groups excluding carboxylic acids is 2. The number of rotatable bonds is 3. The normalized spacial score (nSPS) is 10.2. The average Bonchev–Trinajstić information content (AvgIpc) is 2.61. The molecule has 0 saturated carbocycles. The lowest BCUT2D eigenvalue weighted by Gasteiger charge is -1.87. The predicted octanol–water partition coefficient (Wildman–Crippen LogP) is 1.75. The van der Waals surface area contributed by atoms with E-state index in [-0.39, 0.29) is 0 Å². The highest BCUT2D eigenvalue weighted by Gasteiger charge is 1.96. The summed E-state index contributed by atoms with van der Waals surface area (Å²) in [5.41, 5.74) is 0. The van der Waals surface area contributed by atoms with Crippen LogP contribution in [0.15, 0.2) is 18.2 Å². The zero-order chi connectivity index (χ0) is 9.68. The van der Waals surface area contributed by atoms with Crippen molar-refractivity contribution in [2.24, 2.45) is 0 Å². The molecule has 68 valence electrons. The number of esters is 1. The van der Waals surface area contributed by atoms with Crippen molar-refractivity contribution in [1.82, 2.24) is 0 Å². The Balaban J connectivity index is 2.68. The monoisotopic (exact) mass is 196 g/mol. The van der Waals surface area contributed by atoms with Crippen molar-refractivity contribution in [1.29, 1.82) is 0 Å². The van der Waals surface area contributed by atoms with Gasteiger partial charge >= 0.3 is 5.97 Å². The molecule has 0 aliphatic heterocycles. The molecule has 0 aliphatic carbocycles. The summed E-state index contributed by atoms with van der Waals surface area (Å²) in [4.78, 5) is 22.5. The van der Waals surface area contributed by atoms with Crippen LogP contribution in [-0.4, -0.2) is 19.4 Å². The Morgan fingerprint density at radius 1 is 1.46 bits per heavy atom. The third-order valence-electron chi connectivity index (χ3n) is 1.35. The van der Waals surface area contributed by atoms with Crippen LogP contribution in [0.4, 0.5) is 0 Å². The maximum absolute atomic E-state index is 10.7. The van der Waals surface area contributed by atoms with Crippen molar-refractivity contribution in [2.75, 3.05) is 7.11 Å². The molecule has 13 heavy (non-hydrogen) atoms. The van der Waals surface area contributed by atoms with Crippen LogP contribution in [0.3, 0.4) is 0 Å². The van der Waals surface area contributed by atoms with Crippen LogP contribution in [0.25, 0.3) is 6.08 Å². The first-order valence-corrected chi connectivity index (χ1v) is 4.39. The molecule has 0 saturated heterocycles. The Labute approximate surface area is 79.6 Å². The molecule has 1 rings (SSSR count). The van der Waals surface area contributed by atoms with E-state index in [4.69, 9.17) is 0 Å². The molecule has 0 aromatic carbocycles. The highest BCUT2D eigenvalue weighted by Crippen LogP contribution is 2.15. The molecule has 0 spiro atoms. The van der Waals surface area contributed by atoms with Gasteiger partial charge in [0.25, 0.3) is 0 Å². The zero-order valence-electron chi connectivity index (χ0n) is 7.02. The summed E-state index contributed by atoms with van der Waals surface area (Å²) >= 11 is 1.32. The van der Waals surface area contributed by atoms with Crippen molar-refractivity contribution < 1.29 is 14.3 Å². The fourth-order valence-corrected chi connectivity index (χ4v) is 1.47. The molecule has 1 aromatic heterocycles. The smallest absolute Gasteiger partial charge is 0.330 e. The van der Waals surface area contributed by atoms with E-state index < -0.39 is 5.97 Å². The van der Waals surface area contributed by atoms with E-state index in [2.05, 4.69) is 4.74 Å². The number of hydrogen-bond acceptors (Lipinski definition) is 4. The molecule has 1 heterocycles. The first-order chi connectivity index (χ1) is 6.26. The number of carbonyl (C=O) groups is 2. The molecule has 0 aliphatic rings. The summed E-state index contributed by atoms with van der Waals surface area (Å²) in [7, 11) is 1.32. The molecule has 0 unspecified atom stereocenters. The number of hydrogen-bond donors (Lipinski definition) is 0. The molecule has 3 nitrogen and oxygen atoms in total. The molecule has 0 amide bonds. The third kappa shape index (κ3) is 2.83. The Hall–Kier alpha value is -1.42. The van der Waals surface area contributed by atoms with Gasteiger partial charge in [0, 0.05) is 11.0 Å². The van der Waals surface area contributed by atoms with E-state index in [1.165, 1.54) is 24.5 Å². The Kier molecular flexibility index (Phi) is 3.40. The van der Waals surface area contributed by atoms with Gasteiger partial charge < -0.3 is 4.74 Å². The second-order valence-corrected chi connectivity index (χ2v) is 3.36. The van der Waals surface area contributed by atoms with E-state index in [1.54, 1.807) is 18.2 Å². The quantitative estimate of drug-likeness (QED) is 0.420. The fourth-order valence-electron chi connectivity index (χ4n) is 0.740. The Morgan fingerprint density at radius 2 is 2.15 bits per heavy atom.